The Morgan fingerprint density at radius 1 is 1.22 bits per heavy atom. The second-order valence-electron chi connectivity index (χ2n) is 7.47. The third-order valence-electron chi connectivity index (χ3n) is 4.85. The molecule has 0 bridgehead atoms. The van der Waals surface area contributed by atoms with E-state index in [4.69, 9.17) is 0 Å². The molecule has 2 unspecified atom stereocenters. The van der Waals surface area contributed by atoms with E-state index in [1.54, 1.807) is 23.5 Å². The zero-order valence-corrected chi connectivity index (χ0v) is 17.7. The molecule has 0 saturated heterocycles. The number of aryl methyl sites for hydroxylation is 2. The lowest BCUT2D eigenvalue weighted by atomic mass is 9.95. The van der Waals surface area contributed by atoms with Crippen molar-refractivity contribution >= 4 is 17.4 Å². The minimum Gasteiger partial charge on any atom is -0.508 e. The van der Waals surface area contributed by atoms with Gasteiger partial charge in [-0.3, -0.25) is 0 Å². The lowest BCUT2D eigenvalue weighted by Gasteiger charge is -2.26. The third-order valence-corrected chi connectivity index (χ3v) is 5.58. The van der Waals surface area contributed by atoms with Crippen molar-refractivity contribution in [2.24, 2.45) is 0 Å². The molecule has 1 aromatic carbocycles. The first-order valence-electron chi connectivity index (χ1n) is 9.27. The van der Waals surface area contributed by atoms with Crippen LogP contribution >= 0.6 is 11.3 Å². The van der Waals surface area contributed by atoms with Crippen LogP contribution in [0.1, 0.15) is 29.2 Å². The molecule has 148 valence electrons. The SMILES string of the molecule is Cc1cc(O)cc(C)c1CC(CNC(=O)NC(C)Cc1ccsc1)N(C)C. The molecule has 0 spiro atoms. The van der Waals surface area contributed by atoms with Gasteiger partial charge in [0, 0.05) is 18.6 Å². The number of thiophene rings is 1. The number of phenolic OH excluding ortho intramolecular Hbond substituents is 1. The maximum Gasteiger partial charge on any atom is 0.315 e. The molecule has 0 radical (unpaired) electrons. The second kappa shape index (κ2) is 9.76. The fraction of sp³-hybridized carbons (Fsp3) is 0.476. The molecule has 0 fully saturated rings. The third kappa shape index (κ3) is 6.56. The van der Waals surface area contributed by atoms with Crippen molar-refractivity contribution in [3.05, 3.63) is 51.2 Å². The van der Waals surface area contributed by atoms with Crippen LogP contribution in [0.3, 0.4) is 0 Å². The lowest BCUT2D eigenvalue weighted by molar-refractivity contribution is 0.229. The predicted octanol–water partition coefficient (Wildman–Crippen LogP) is 3.47. The zero-order valence-electron chi connectivity index (χ0n) is 16.9. The number of benzene rings is 1. The van der Waals surface area contributed by atoms with E-state index in [-0.39, 0.29) is 18.1 Å². The van der Waals surface area contributed by atoms with Gasteiger partial charge in [0.05, 0.1) is 0 Å². The molecular weight excluding hydrogens is 358 g/mol. The van der Waals surface area contributed by atoms with Crippen molar-refractivity contribution in [3.63, 3.8) is 0 Å². The second-order valence-corrected chi connectivity index (χ2v) is 8.25. The first kappa shape index (κ1) is 21.3. The molecule has 6 heteroatoms. The summed E-state index contributed by atoms with van der Waals surface area (Å²) in [6.45, 7) is 6.61. The van der Waals surface area contributed by atoms with Crippen LogP contribution in [-0.4, -0.2) is 48.8 Å². The number of phenols is 1. The van der Waals surface area contributed by atoms with Crippen molar-refractivity contribution in [1.82, 2.24) is 15.5 Å². The summed E-state index contributed by atoms with van der Waals surface area (Å²) in [6, 6.07) is 5.79. The standard InChI is InChI=1S/C21H31N3O2S/c1-14-8-19(25)9-15(2)20(14)11-18(24(4)5)12-22-21(26)23-16(3)10-17-6-7-27-13-17/h6-9,13,16,18,25H,10-12H2,1-5H3,(H2,22,23,26). The smallest absolute Gasteiger partial charge is 0.315 e. The Balaban J connectivity index is 1.89. The van der Waals surface area contributed by atoms with Crippen LogP contribution in [-0.2, 0) is 12.8 Å². The molecule has 2 atom stereocenters. The summed E-state index contributed by atoms with van der Waals surface area (Å²) in [7, 11) is 4.04. The molecule has 0 saturated carbocycles. The average Bonchev–Trinajstić information content (AvgIpc) is 3.05. The maximum absolute atomic E-state index is 12.3. The summed E-state index contributed by atoms with van der Waals surface area (Å²) in [5, 5.41) is 19.9. The van der Waals surface area contributed by atoms with Gasteiger partial charge < -0.3 is 20.6 Å². The van der Waals surface area contributed by atoms with Gasteiger partial charge in [0.25, 0.3) is 0 Å². The predicted molar refractivity (Wildman–Crippen MR) is 113 cm³/mol. The molecule has 2 aromatic rings. The van der Waals surface area contributed by atoms with Gasteiger partial charge in [0.1, 0.15) is 5.75 Å². The largest absolute Gasteiger partial charge is 0.508 e. The molecule has 2 amide bonds. The average molecular weight is 390 g/mol. The molecule has 3 N–H and O–H groups in total. The van der Waals surface area contributed by atoms with Crippen molar-refractivity contribution in [1.29, 1.82) is 0 Å². The van der Waals surface area contributed by atoms with Crippen LogP contribution in [0.5, 0.6) is 5.75 Å². The Bertz CT molecular complexity index is 721. The minimum atomic E-state index is -0.135. The topological polar surface area (TPSA) is 64.6 Å². The summed E-state index contributed by atoms with van der Waals surface area (Å²) < 4.78 is 0. The number of rotatable bonds is 8. The molecule has 2 rings (SSSR count). The molecule has 0 aliphatic carbocycles. The highest BCUT2D eigenvalue weighted by molar-refractivity contribution is 7.07. The summed E-state index contributed by atoms with van der Waals surface area (Å²) >= 11 is 1.67. The number of carbonyl (C=O) groups excluding carboxylic acids is 1. The van der Waals surface area contributed by atoms with Gasteiger partial charge in [0.15, 0.2) is 0 Å². The zero-order chi connectivity index (χ0) is 20.0. The van der Waals surface area contributed by atoms with Gasteiger partial charge in [-0.05, 0) is 98.9 Å². The summed E-state index contributed by atoms with van der Waals surface area (Å²) in [6.07, 6.45) is 1.65. The Morgan fingerprint density at radius 2 is 1.89 bits per heavy atom. The number of nitrogens with one attached hydrogen (secondary N) is 2. The molecule has 27 heavy (non-hydrogen) atoms. The minimum absolute atomic E-state index is 0.0824. The first-order chi connectivity index (χ1) is 12.8. The van der Waals surface area contributed by atoms with E-state index in [9.17, 15) is 9.90 Å². The first-order valence-corrected chi connectivity index (χ1v) is 10.2. The van der Waals surface area contributed by atoms with Crippen molar-refractivity contribution < 1.29 is 9.90 Å². The van der Waals surface area contributed by atoms with E-state index in [2.05, 4.69) is 32.4 Å². The Morgan fingerprint density at radius 3 is 2.44 bits per heavy atom. The summed E-state index contributed by atoms with van der Waals surface area (Å²) in [5.41, 5.74) is 4.62. The maximum atomic E-state index is 12.3. The van der Waals surface area contributed by atoms with Gasteiger partial charge >= 0.3 is 6.03 Å². The highest BCUT2D eigenvalue weighted by atomic mass is 32.1. The molecular formula is C21H31N3O2S. The number of hydrogen-bond acceptors (Lipinski definition) is 4. The number of aromatic hydroxyl groups is 1. The van der Waals surface area contributed by atoms with Crippen LogP contribution in [0.4, 0.5) is 4.79 Å². The molecule has 1 aromatic heterocycles. The fourth-order valence-electron chi connectivity index (χ4n) is 3.26. The molecule has 1 heterocycles. The normalized spacial score (nSPS) is 13.4. The number of likely N-dealkylation sites (N-methyl/N-ethyl adjacent to an activating group) is 1. The number of amides is 2. The molecule has 0 aliphatic rings. The van der Waals surface area contributed by atoms with Crippen LogP contribution in [0.15, 0.2) is 29.0 Å². The van der Waals surface area contributed by atoms with Gasteiger partial charge in [-0.25, -0.2) is 4.79 Å². The molecule has 5 nitrogen and oxygen atoms in total. The number of carbonyl (C=O) groups is 1. The van der Waals surface area contributed by atoms with Crippen LogP contribution in [0.2, 0.25) is 0 Å². The molecule has 0 aliphatic heterocycles. The van der Waals surface area contributed by atoms with Crippen molar-refractivity contribution in [3.8, 4) is 5.75 Å². The Labute approximate surface area is 166 Å². The van der Waals surface area contributed by atoms with Gasteiger partial charge in [-0.1, -0.05) is 0 Å². The highest BCUT2D eigenvalue weighted by Crippen LogP contribution is 2.22. The number of nitrogens with zero attached hydrogens (tertiary/aromatic N) is 1. The van der Waals surface area contributed by atoms with Crippen LogP contribution in [0, 0.1) is 13.8 Å². The van der Waals surface area contributed by atoms with Gasteiger partial charge in [-0.2, -0.15) is 11.3 Å². The van der Waals surface area contributed by atoms with E-state index in [1.165, 1.54) is 11.1 Å². The fourth-order valence-corrected chi connectivity index (χ4v) is 3.95. The Hall–Kier alpha value is -2.05. The van der Waals surface area contributed by atoms with Crippen molar-refractivity contribution in [2.45, 2.75) is 45.7 Å². The van der Waals surface area contributed by atoms with E-state index in [1.807, 2.05) is 34.9 Å². The van der Waals surface area contributed by atoms with E-state index in [0.29, 0.717) is 12.3 Å². The number of hydrogen-bond donors (Lipinski definition) is 3. The highest BCUT2D eigenvalue weighted by Gasteiger charge is 2.17. The summed E-state index contributed by atoms with van der Waals surface area (Å²) in [4.78, 5) is 14.4. The van der Waals surface area contributed by atoms with E-state index >= 15 is 0 Å². The van der Waals surface area contributed by atoms with Crippen LogP contribution < -0.4 is 10.6 Å². The van der Waals surface area contributed by atoms with Gasteiger partial charge in [-0.15, -0.1) is 0 Å². The Kier molecular flexibility index (Phi) is 7.68. The lowest BCUT2D eigenvalue weighted by Crippen LogP contribution is -2.47. The van der Waals surface area contributed by atoms with Gasteiger partial charge in [0.2, 0.25) is 0 Å². The van der Waals surface area contributed by atoms with Crippen LogP contribution in [0.25, 0.3) is 0 Å². The monoisotopic (exact) mass is 389 g/mol. The quantitative estimate of drug-likeness (QED) is 0.648. The van der Waals surface area contributed by atoms with E-state index < -0.39 is 0 Å². The van der Waals surface area contributed by atoms with E-state index in [0.717, 1.165) is 24.0 Å². The van der Waals surface area contributed by atoms with Crippen molar-refractivity contribution in [2.75, 3.05) is 20.6 Å². The number of urea groups is 1. The summed E-state index contributed by atoms with van der Waals surface area (Å²) in [5.74, 6) is 0.298.